The highest BCUT2D eigenvalue weighted by Crippen LogP contribution is 2.40. The van der Waals surface area contributed by atoms with E-state index in [9.17, 15) is 28.8 Å². The number of hydrogen-bond acceptors (Lipinski definition) is 12. The molecule has 0 unspecified atom stereocenters. The molecule has 0 saturated heterocycles. The van der Waals surface area contributed by atoms with Crippen molar-refractivity contribution in [1.29, 1.82) is 0 Å². The first-order valence-electron chi connectivity index (χ1n) is 12.8. The number of esters is 5. The minimum atomic E-state index is -0.874. The third-order valence-corrected chi connectivity index (χ3v) is 5.40. The van der Waals surface area contributed by atoms with E-state index in [1.54, 1.807) is 20.8 Å². The molecular formula is C29H28O12. The van der Waals surface area contributed by atoms with E-state index in [2.05, 4.69) is 0 Å². The van der Waals surface area contributed by atoms with E-state index >= 15 is 0 Å². The Morgan fingerprint density at radius 1 is 0.659 bits per heavy atom. The van der Waals surface area contributed by atoms with Gasteiger partial charge >= 0.3 is 29.8 Å². The van der Waals surface area contributed by atoms with Crippen molar-refractivity contribution in [2.75, 3.05) is 0 Å². The number of hydrogen-bond donors (Lipinski definition) is 0. The summed E-state index contributed by atoms with van der Waals surface area (Å²) in [5.41, 5.74) is -0.947. The van der Waals surface area contributed by atoms with Crippen LogP contribution in [0.1, 0.15) is 60.3 Å². The Balaban J connectivity index is 2.36. The van der Waals surface area contributed by atoms with E-state index in [0.717, 1.165) is 6.92 Å². The summed E-state index contributed by atoms with van der Waals surface area (Å²) in [5.74, 6) is -4.77. The standard InChI is InChI=1S/C29H28O12/c1-6-22(31)37-17-13-20(36-15(5)30)26-21(14-17)40-28(29(27(26)35)41-25(34)9-4)16-10-11-18(38-23(32)7-2)19(12-16)39-24(33)8-3/h10-14H,6-9H2,1-5H3. The average Bonchev–Trinajstić information content (AvgIpc) is 2.94. The number of carbonyl (C=O) groups is 5. The van der Waals surface area contributed by atoms with E-state index in [1.807, 2.05) is 0 Å². The van der Waals surface area contributed by atoms with E-state index in [1.165, 1.54) is 37.3 Å². The lowest BCUT2D eigenvalue weighted by atomic mass is 10.1. The van der Waals surface area contributed by atoms with Crippen molar-refractivity contribution in [2.45, 2.75) is 60.3 Å². The predicted octanol–water partition coefficient (Wildman–Crippen LogP) is 4.65. The van der Waals surface area contributed by atoms with Crippen molar-refractivity contribution >= 4 is 40.8 Å². The molecule has 0 saturated carbocycles. The lowest BCUT2D eigenvalue weighted by Gasteiger charge is -2.15. The molecule has 1 heterocycles. The molecule has 2 aromatic carbocycles. The number of ether oxygens (including phenoxy) is 5. The van der Waals surface area contributed by atoms with Crippen molar-refractivity contribution in [2.24, 2.45) is 0 Å². The third-order valence-electron chi connectivity index (χ3n) is 5.40. The molecule has 12 nitrogen and oxygen atoms in total. The maximum atomic E-state index is 13.7. The molecule has 216 valence electrons. The second-order valence-electron chi connectivity index (χ2n) is 8.45. The van der Waals surface area contributed by atoms with E-state index < -0.39 is 41.0 Å². The third kappa shape index (κ3) is 7.35. The van der Waals surface area contributed by atoms with Gasteiger partial charge < -0.3 is 28.1 Å². The van der Waals surface area contributed by atoms with Gasteiger partial charge in [-0.25, -0.2) is 0 Å². The van der Waals surface area contributed by atoms with Crippen molar-refractivity contribution < 1.29 is 52.1 Å². The van der Waals surface area contributed by atoms with E-state index in [-0.39, 0.29) is 71.0 Å². The van der Waals surface area contributed by atoms with Crippen LogP contribution in [0.4, 0.5) is 0 Å². The van der Waals surface area contributed by atoms with Crippen LogP contribution in [0.2, 0.25) is 0 Å². The SMILES string of the molecule is CCC(=O)Oc1cc(OC(C)=O)c2c(=O)c(OC(=O)CC)c(-c3ccc(OC(=O)CC)c(OC(=O)CC)c3)oc2c1. The molecule has 3 aromatic rings. The fourth-order valence-electron chi connectivity index (χ4n) is 3.41. The van der Waals surface area contributed by atoms with Crippen LogP contribution in [0.5, 0.6) is 28.7 Å². The molecule has 0 fully saturated rings. The quantitative estimate of drug-likeness (QED) is 0.246. The second kappa shape index (κ2) is 13.4. The van der Waals surface area contributed by atoms with Gasteiger partial charge in [0.15, 0.2) is 17.3 Å². The molecule has 0 aliphatic rings. The van der Waals surface area contributed by atoms with Crippen LogP contribution >= 0.6 is 0 Å². The summed E-state index contributed by atoms with van der Waals surface area (Å²) < 4.78 is 32.4. The van der Waals surface area contributed by atoms with Crippen LogP contribution < -0.4 is 29.1 Å². The summed E-state index contributed by atoms with van der Waals surface area (Å²) in [6, 6.07) is 6.39. The highest BCUT2D eigenvalue weighted by atomic mass is 16.6. The molecular weight excluding hydrogens is 540 g/mol. The van der Waals surface area contributed by atoms with Crippen LogP contribution in [0, 0.1) is 0 Å². The first-order chi connectivity index (χ1) is 19.5. The van der Waals surface area contributed by atoms with Gasteiger partial charge in [-0.15, -0.1) is 0 Å². The molecule has 0 atom stereocenters. The monoisotopic (exact) mass is 568 g/mol. The van der Waals surface area contributed by atoms with Crippen molar-refractivity contribution in [3.8, 4) is 40.1 Å². The van der Waals surface area contributed by atoms with Gasteiger partial charge in [0.05, 0.1) is 0 Å². The molecule has 3 rings (SSSR count). The van der Waals surface area contributed by atoms with E-state index in [0.29, 0.717) is 0 Å². The zero-order chi connectivity index (χ0) is 30.3. The van der Waals surface area contributed by atoms with Crippen molar-refractivity contribution in [3.63, 3.8) is 0 Å². The van der Waals surface area contributed by atoms with Gasteiger partial charge in [-0.3, -0.25) is 28.8 Å². The summed E-state index contributed by atoms with van der Waals surface area (Å²) in [6.45, 7) is 7.35. The Hall–Kier alpha value is -5.00. The summed E-state index contributed by atoms with van der Waals surface area (Å²) in [5, 5.41) is -0.259. The van der Waals surface area contributed by atoms with Gasteiger partial charge in [0, 0.05) is 50.3 Å². The predicted molar refractivity (Wildman–Crippen MR) is 143 cm³/mol. The summed E-state index contributed by atoms with van der Waals surface area (Å²) in [7, 11) is 0. The molecule has 0 N–H and O–H groups in total. The summed E-state index contributed by atoms with van der Waals surface area (Å²) in [6.07, 6.45) is 0.00430. The topological polar surface area (TPSA) is 162 Å². The van der Waals surface area contributed by atoms with Gasteiger partial charge in [-0.05, 0) is 18.2 Å². The second-order valence-corrected chi connectivity index (χ2v) is 8.45. The number of rotatable bonds is 10. The first kappa shape index (κ1) is 30.5. The molecule has 0 aliphatic carbocycles. The Morgan fingerprint density at radius 2 is 1.22 bits per heavy atom. The molecule has 1 aromatic heterocycles. The first-order valence-corrected chi connectivity index (χ1v) is 12.8. The van der Waals surface area contributed by atoms with Gasteiger partial charge in [0.25, 0.3) is 0 Å². The number of fused-ring (bicyclic) bond motifs is 1. The van der Waals surface area contributed by atoms with Gasteiger partial charge in [-0.1, -0.05) is 27.7 Å². The normalized spacial score (nSPS) is 10.6. The Bertz CT molecular complexity index is 1580. The van der Waals surface area contributed by atoms with Crippen molar-refractivity contribution in [1.82, 2.24) is 0 Å². The highest BCUT2D eigenvalue weighted by molar-refractivity contribution is 5.92. The zero-order valence-corrected chi connectivity index (χ0v) is 23.1. The number of benzene rings is 2. The maximum absolute atomic E-state index is 13.7. The lowest BCUT2D eigenvalue weighted by Crippen LogP contribution is -2.17. The Morgan fingerprint density at radius 3 is 1.80 bits per heavy atom. The maximum Gasteiger partial charge on any atom is 0.311 e. The van der Waals surface area contributed by atoms with Crippen LogP contribution in [0.15, 0.2) is 39.5 Å². The Kier molecular flexibility index (Phi) is 9.96. The molecule has 0 spiro atoms. The highest BCUT2D eigenvalue weighted by Gasteiger charge is 2.26. The molecule has 0 amide bonds. The van der Waals surface area contributed by atoms with Crippen LogP contribution in [-0.4, -0.2) is 29.8 Å². The van der Waals surface area contributed by atoms with Crippen LogP contribution in [0.25, 0.3) is 22.3 Å². The summed E-state index contributed by atoms with van der Waals surface area (Å²) in [4.78, 5) is 73.8. The molecule has 0 aliphatic heterocycles. The lowest BCUT2D eigenvalue weighted by molar-refractivity contribution is -0.136. The minimum Gasteiger partial charge on any atom is -0.452 e. The van der Waals surface area contributed by atoms with Gasteiger partial charge in [-0.2, -0.15) is 0 Å². The number of carbonyl (C=O) groups excluding carboxylic acids is 5. The van der Waals surface area contributed by atoms with E-state index in [4.69, 9.17) is 28.1 Å². The van der Waals surface area contributed by atoms with Crippen molar-refractivity contribution in [3.05, 3.63) is 40.6 Å². The fraction of sp³-hybridized carbons (Fsp3) is 0.310. The smallest absolute Gasteiger partial charge is 0.311 e. The fourth-order valence-corrected chi connectivity index (χ4v) is 3.41. The van der Waals surface area contributed by atoms with Crippen LogP contribution in [-0.2, 0) is 24.0 Å². The average molecular weight is 569 g/mol. The molecule has 41 heavy (non-hydrogen) atoms. The molecule has 12 heteroatoms. The summed E-state index contributed by atoms with van der Waals surface area (Å²) >= 11 is 0. The largest absolute Gasteiger partial charge is 0.452 e. The molecule has 0 bridgehead atoms. The van der Waals surface area contributed by atoms with Gasteiger partial charge in [0.1, 0.15) is 22.5 Å². The van der Waals surface area contributed by atoms with Crippen LogP contribution in [0.3, 0.4) is 0 Å². The Labute approximate surface area is 234 Å². The minimum absolute atomic E-state index is 0.00793. The molecule has 0 radical (unpaired) electrons. The van der Waals surface area contributed by atoms with Gasteiger partial charge in [0.2, 0.25) is 11.2 Å². The zero-order valence-electron chi connectivity index (χ0n) is 23.1.